The smallest absolute Gasteiger partial charge is 0.255 e. The number of carbonyl (C=O) groups is 2. The van der Waals surface area contributed by atoms with Gasteiger partial charge in [0.1, 0.15) is 0 Å². The minimum atomic E-state index is -0.197. The van der Waals surface area contributed by atoms with Gasteiger partial charge >= 0.3 is 0 Å². The highest BCUT2D eigenvalue weighted by molar-refractivity contribution is 9.10. The van der Waals surface area contributed by atoms with Crippen LogP contribution in [0.2, 0.25) is 0 Å². The number of nitrogens with zero attached hydrogens (tertiary/aromatic N) is 2. The maximum absolute atomic E-state index is 12.2. The van der Waals surface area contributed by atoms with Crippen LogP contribution in [0.4, 0.5) is 0 Å². The highest BCUT2D eigenvalue weighted by Gasteiger charge is 2.17. The second-order valence-corrected chi connectivity index (χ2v) is 4.58. The van der Waals surface area contributed by atoms with E-state index in [9.17, 15) is 9.59 Å². The minimum absolute atomic E-state index is 0.0652. The van der Waals surface area contributed by atoms with Gasteiger partial charge in [-0.25, -0.2) is 0 Å². The van der Waals surface area contributed by atoms with Crippen LogP contribution in [0.1, 0.15) is 24.2 Å². The summed E-state index contributed by atoms with van der Waals surface area (Å²) in [6, 6.07) is 1.69. The van der Waals surface area contributed by atoms with Gasteiger partial charge in [0.15, 0.2) is 0 Å². The van der Waals surface area contributed by atoms with Crippen molar-refractivity contribution in [3.05, 3.63) is 28.5 Å². The van der Waals surface area contributed by atoms with E-state index in [1.807, 2.05) is 13.8 Å². The van der Waals surface area contributed by atoms with E-state index in [1.165, 1.54) is 11.1 Å². The standard InChI is InChI=1S/C12H16BrN3O2/c1-3-15-11(17)8-16(4-2)12(18)9-5-10(13)7-14-6-9/h5-7H,3-4,8H2,1-2H3,(H,15,17). The van der Waals surface area contributed by atoms with Crippen LogP contribution in [0, 0.1) is 0 Å². The zero-order valence-electron chi connectivity index (χ0n) is 10.4. The summed E-state index contributed by atoms with van der Waals surface area (Å²) < 4.78 is 0.738. The third kappa shape index (κ3) is 4.10. The highest BCUT2D eigenvalue weighted by atomic mass is 79.9. The van der Waals surface area contributed by atoms with E-state index in [-0.39, 0.29) is 18.4 Å². The lowest BCUT2D eigenvalue weighted by atomic mass is 10.2. The van der Waals surface area contributed by atoms with Crippen LogP contribution in [0.15, 0.2) is 22.9 Å². The molecule has 1 aromatic heterocycles. The fraction of sp³-hybridized carbons (Fsp3) is 0.417. The number of hydrogen-bond donors (Lipinski definition) is 1. The Morgan fingerprint density at radius 3 is 2.67 bits per heavy atom. The number of hydrogen-bond acceptors (Lipinski definition) is 3. The first-order valence-corrected chi connectivity index (χ1v) is 6.54. The van der Waals surface area contributed by atoms with Crippen molar-refractivity contribution in [2.75, 3.05) is 19.6 Å². The number of nitrogens with one attached hydrogen (secondary N) is 1. The van der Waals surface area contributed by atoms with Gasteiger partial charge in [0.25, 0.3) is 5.91 Å². The van der Waals surface area contributed by atoms with Gasteiger partial charge in [-0.3, -0.25) is 14.6 Å². The lowest BCUT2D eigenvalue weighted by Gasteiger charge is -2.20. The predicted molar refractivity (Wildman–Crippen MR) is 72.2 cm³/mol. The molecule has 0 aliphatic heterocycles. The summed E-state index contributed by atoms with van der Waals surface area (Å²) in [7, 11) is 0. The summed E-state index contributed by atoms with van der Waals surface area (Å²) in [6.45, 7) is 4.78. The minimum Gasteiger partial charge on any atom is -0.355 e. The molecular formula is C12H16BrN3O2. The molecule has 0 bridgehead atoms. The van der Waals surface area contributed by atoms with Crippen molar-refractivity contribution in [2.24, 2.45) is 0 Å². The quantitative estimate of drug-likeness (QED) is 0.894. The van der Waals surface area contributed by atoms with Crippen molar-refractivity contribution in [2.45, 2.75) is 13.8 Å². The molecule has 0 fully saturated rings. The van der Waals surface area contributed by atoms with Gasteiger partial charge in [0, 0.05) is 30.0 Å². The molecule has 0 aromatic carbocycles. The fourth-order valence-corrected chi connectivity index (χ4v) is 1.83. The molecule has 0 unspecified atom stereocenters. The molecule has 5 nitrogen and oxygen atoms in total. The summed E-state index contributed by atoms with van der Waals surface area (Å²) in [5.74, 6) is -0.354. The van der Waals surface area contributed by atoms with Crippen molar-refractivity contribution >= 4 is 27.7 Å². The molecule has 0 spiro atoms. The van der Waals surface area contributed by atoms with Crippen molar-refractivity contribution in [3.8, 4) is 0 Å². The lowest BCUT2D eigenvalue weighted by Crippen LogP contribution is -2.40. The van der Waals surface area contributed by atoms with E-state index in [2.05, 4.69) is 26.2 Å². The fourth-order valence-electron chi connectivity index (χ4n) is 1.47. The lowest BCUT2D eigenvalue weighted by molar-refractivity contribution is -0.121. The molecule has 0 saturated carbocycles. The summed E-state index contributed by atoms with van der Waals surface area (Å²) in [6.07, 6.45) is 3.10. The van der Waals surface area contributed by atoms with Gasteiger partial charge in [-0.2, -0.15) is 0 Å². The number of halogens is 1. The van der Waals surface area contributed by atoms with Crippen molar-refractivity contribution in [1.29, 1.82) is 0 Å². The molecule has 18 heavy (non-hydrogen) atoms. The van der Waals surface area contributed by atoms with E-state index >= 15 is 0 Å². The number of carbonyl (C=O) groups excluding carboxylic acids is 2. The molecular weight excluding hydrogens is 298 g/mol. The van der Waals surface area contributed by atoms with E-state index in [0.717, 1.165) is 4.47 Å². The molecule has 0 aliphatic rings. The maximum Gasteiger partial charge on any atom is 0.255 e. The van der Waals surface area contributed by atoms with E-state index in [1.54, 1.807) is 12.3 Å². The molecule has 0 saturated heterocycles. The topological polar surface area (TPSA) is 62.3 Å². The molecule has 1 heterocycles. The summed E-state index contributed by atoms with van der Waals surface area (Å²) in [5, 5.41) is 2.67. The molecule has 0 aliphatic carbocycles. The third-order valence-electron chi connectivity index (χ3n) is 2.33. The van der Waals surface area contributed by atoms with Crippen LogP contribution >= 0.6 is 15.9 Å². The largest absolute Gasteiger partial charge is 0.355 e. The van der Waals surface area contributed by atoms with Crippen LogP contribution in [0.3, 0.4) is 0 Å². The average Bonchev–Trinajstić information content (AvgIpc) is 2.35. The van der Waals surface area contributed by atoms with Gasteiger partial charge in [-0.05, 0) is 35.8 Å². The Kier molecular flexibility index (Phi) is 5.77. The second kappa shape index (κ2) is 7.10. The molecule has 98 valence electrons. The van der Waals surface area contributed by atoms with Gasteiger partial charge in [0.05, 0.1) is 12.1 Å². The van der Waals surface area contributed by atoms with Crippen molar-refractivity contribution in [3.63, 3.8) is 0 Å². The number of pyridine rings is 1. The number of likely N-dealkylation sites (N-methyl/N-ethyl adjacent to an activating group) is 2. The zero-order valence-corrected chi connectivity index (χ0v) is 12.0. The summed E-state index contributed by atoms with van der Waals surface area (Å²) in [5.41, 5.74) is 0.468. The molecule has 0 atom stereocenters. The van der Waals surface area contributed by atoms with Gasteiger partial charge in [-0.15, -0.1) is 0 Å². The Labute approximate surface area is 115 Å². The van der Waals surface area contributed by atoms with Gasteiger partial charge in [0.2, 0.25) is 5.91 Å². The van der Waals surface area contributed by atoms with Crippen molar-refractivity contribution < 1.29 is 9.59 Å². The van der Waals surface area contributed by atoms with E-state index in [4.69, 9.17) is 0 Å². The Balaban J connectivity index is 2.76. The van der Waals surface area contributed by atoms with Gasteiger partial charge in [-0.1, -0.05) is 0 Å². The van der Waals surface area contributed by atoms with Crippen molar-refractivity contribution in [1.82, 2.24) is 15.2 Å². The molecule has 1 N–H and O–H groups in total. The van der Waals surface area contributed by atoms with Crippen LogP contribution in [0.25, 0.3) is 0 Å². The number of aromatic nitrogens is 1. The van der Waals surface area contributed by atoms with Crippen LogP contribution < -0.4 is 5.32 Å². The molecule has 6 heteroatoms. The first kappa shape index (κ1) is 14.6. The first-order chi connectivity index (χ1) is 8.58. The molecule has 0 radical (unpaired) electrons. The zero-order chi connectivity index (χ0) is 13.5. The molecule has 2 amide bonds. The summed E-state index contributed by atoms with van der Waals surface area (Å²) >= 11 is 3.26. The monoisotopic (exact) mass is 313 g/mol. The number of amides is 2. The Hall–Kier alpha value is -1.43. The molecule has 1 aromatic rings. The number of rotatable bonds is 5. The first-order valence-electron chi connectivity index (χ1n) is 5.75. The Morgan fingerprint density at radius 1 is 1.39 bits per heavy atom. The average molecular weight is 314 g/mol. The molecule has 1 rings (SSSR count). The third-order valence-corrected chi connectivity index (χ3v) is 2.76. The Bertz CT molecular complexity index is 437. The summed E-state index contributed by atoms with van der Waals surface area (Å²) in [4.78, 5) is 29.1. The normalized spacial score (nSPS) is 9.94. The van der Waals surface area contributed by atoms with Crippen LogP contribution in [-0.4, -0.2) is 41.3 Å². The van der Waals surface area contributed by atoms with Gasteiger partial charge < -0.3 is 10.2 Å². The van der Waals surface area contributed by atoms with Crippen LogP contribution in [-0.2, 0) is 4.79 Å². The van der Waals surface area contributed by atoms with Crippen LogP contribution in [0.5, 0.6) is 0 Å². The van der Waals surface area contributed by atoms with E-state index < -0.39 is 0 Å². The SMILES string of the molecule is CCNC(=O)CN(CC)C(=O)c1cncc(Br)c1. The Morgan fingerprint density at radius 2 is 2.11 bits per heavy atom. The predicted octanol–water partition coefficient (Wildman–Crippen LogP) is 1.44. The maximum atomic E-state index is 12.2. The van der Waals surface area contributed by atoms with E-state index in [0.29, 0.717) is 18.7 Å². The highest BCUT2D eigenvalue weighted by Crippen LogP contribution is 2.11. The second-order valence-electron chi connectivity index (χ2n) is 3.66.